The molecule has 2 aromatic heterocycles. The van der Waals surface area contributed by atoms with Crippen LogP contribution >= 0.6 is 0 Å². The Labute approximate surface area is 240 Å². The maximum atomic E-state index is 13.2. The molecule has 1 aromatic carbocycles. The number of anilines is 1. The highest BCUT2D eigenvalue weighted by molar-refractivity contribution is 5.79. The Morgan fingerprint density at radius 3 is 2.61 bits per heavy atom. The van der Waals surface area contributed by atoms with Crippen LogP contribution in [-0.2, 0) is 20.7 Å². The van der Waals surface area contributed by atoms with Gasteiger partial charge in [-0.15, -0.1) is 0 Å². The molecule has 0 aliphatic carbocycles. The van der Waals surface area contributed by atoms with Crippen LogP contribution in [0.4, 0.5) is 5.82 Å². The molecule has 4 rings (SSSR count). The summed E-state index contributed by atoms with van der Waals surface area (Å²) in [7, 11) is 4.70. The lowest BCUT2D eigenvalue weighted by atomic mass is 10.0. The maximum absolute atomic E-state index is 13.2. The number of hydrogen-bond acceptors (Lipinski definition) is 9. The standard InChI is InChI=1S/C29H39N7O5/c1-20(2)23-16-32-29(35-11-10-30-19-35)33-28(23)36-13-12-34(27(38)18-39-3)17-22(36)15-26(37)31-9-8-21-6-7-24(40-4)25(14-21)41-5/h6-7,10-11,14,16,19-20,22H,8-9,12-13,15,17-18H2,1-5H3,(H,31,37). The SMILES string of the molecule is COCC(=O)N1CCN(c2nc(-n3ccnc3)ncc2C(C)C)C(CC(=O)NCCc2ccc(OC)c(OC)c2)C1. The van der Waals surface area contributed by atoms with E-state index >= 15 is 0 Å². The zero-order chi connectivity index (χ0) is 29.4. The predicted molar refractivity (Wildman–Crippen MR) is 154 cm³/mol. The van der Waals surface area contributed by atoms with Gasteiger partial charge in [0, 0.05) is 63.9 Å². The summed E-state index contributed by atoms with van der Waals surface area (Å²) in [5, 5.41) is 3.05. The number of amides is 2. The number of carbonyl (C=O) groups is 2. The summed E-state index contributed by atoms with van der Waals surface area (Å²) < 4.78 is 17.5. The molecule has 3 aromatic rings. The van der Waals surface area contributed by atoms with Gasteiger partial charge in [0.15, 0.2) is 11.5 Å². The molecule has 3 heterocycles. The molecule has 220 valence electrons. The first-order chi connectivity index (χ1) is 19.8. The normalized spacial score (nSPS) is 15.2. The average molecular weight is 566 g/mol. The lowest BCUT2D eigenvalue weighted by Crippen LogP contribution is -2.57. The van der Waals surface area contributed by atoms with Crippen molar-refractivity contribution in [2.45, 2.75) is 38.6 Å². The average Bonchev–Trinajstić information content (AvgIpc) is 3.52. The molecule has 1 atom stereocenters. The molecule has 0 radical (unpaired) electrons. The second-order valence-corrected chi connectivity index (χ2v) is 10.2. The summed E-state index contributed by atoms with van der Waals surface area (Å²) in [4.78, 5) is 43.4. The van der Waals surface area contributed by atoms with Gasteiger partial charge in [0.2, 0.25) is 17.8 Å². The van der Waals surface area contributed by atoms with Gasteiger partial charge in [0.05, 0.1) is 20.3 Å². The van der Waals surface area contributed by atoms with Gasteiger partial charge >= 0.3 is 0 Å². The molecule has 1 aliphatic rings. The topological polar surface area (TPSA) is 124 Å². The number of carbonyl (C=O) groups excluding carboxylic acids is 2. The fraction of sp³-hybridized carbons (Fsp3) is 0.483. The maximum Gasteiger partial charge on any atom is 0.248 e. The van der Waals surface area contributed by atoms with Gasteiger partial charge in [-0.25, -0.2) is 9.97 Å². The number of methoxy groups -OCH3 is 3. The molecule has 2 amide bonds. The molecule has 1 unspecified atom stereocenters. The minimum absolute atomic E-state index is 0.000229. The van der Waals surface area contributed by atoms with E-state index in [9.17, 15) is 9.59 Å². The number of nitrogens with one attached hydrogen (secondary N) is 1. The van der Waals surface area contributed by atoms with Crippen LogP contribution in [0.1, 0.15) is 37.3 Å². The van der Waals surface area contributed by atoms with E-state index in [1.165, 1.54) is 7.11 Å². The number of benzene rings is 1. The van der Waals surface area contributed by atoms with Crippen LogP contribution in [0.3, 0.4) is 0 Å². The minimum Gasteiger partial charge on any atom is -0.493 e. The fourth-order valence-electron chi connectivity index (χ4n) is 4.93. The van der Waals surface area contributed by atoms with E-state index in [4.69, 9.17) is 19.2 Å². The Balaban J connectivity index is 1.52. The van der Waals surface area contributed by atoms with Crippen molar-refractivity contribution >= 4 is 17.6 Å². The highest BCUT2D eigenvalue weighted by Gasteiger charge is 2.33. The highest BCUT2D eigenvalue weighted by atomic mass is 16.5. The Morgan fingerprint density at radius 2 is 1.93 bits per heavy atom. The van der Waals surface area contributed by atoms with Gasteiger partial charge in [0.25, 0.3) is 0 Å². The van der Waals surface area contributed by atoms with Gasteiger partial charge < -0.3 is 29.3 Å². The molecule has 12 nitrogen and oxygen atoms in total. The van der Waals surface area contributed by atoms with Crippen molar-refractivity contribution in [2.75, 3.05) is 59.0 Å². The van der Waals surface area contributed by atoms with Crippen LogP contribution in [0.2, 0.25) is 0 Å². The van der Waals surface area contributed by atoms with E-state index in [0.29, 0.717) is 50.0 Å². The first-order valence-electron chi connectivity index (χ1n) is 13.7. The molecule has 0 bridgehead atoms. The summed E-state index contributed by atoms with van der Waals surface area (Å²) in [6.07, 6.45) is 7.79. The lowest BCUT2D eigenvalue weighted by Gasteiger charge is -2.42. The first-order valence-corrected chi connectivity index (χ1v) is 13.7. The van der Waals surface area contributed by atoms with Crippen LogP contribution in [0, 0.1) is 0 Å². The number of imidazole rings is 1. The Kier molecular flexibility index (Phi) is 10.1. The van der Waals surface area contributed by atoms with E-state index in [2.05, 4.69) is 34.0 Å². The highest BCUT2D eigenvalue weighted by Crippen LogP contribution is 2.30. The number of rotatable bonds is 12. The molecule has 1 N–H and O–H groups in total. The summed E-state index contributed by atoms with van der Waals surface area (Å²) in [6, 6.07) is 5.44. The van der Waals surface area contributed by atoms with Gasteiger partial charge in [-0.2, -0.15) is 4.98 Å². The van der Waals surface area contributed by atoms with Crippen LogP contribution in [0.25, 0.3) is 5.95 Å². The fourth-order valence-corrected chi connectivity index (χ4v) is 4.93. The van der Waals surface area contributed by atoms with E-state index < -0.39 is 0 Å². The van der Waals surface area contributed by atoms with Gasteiger partial charge in [-0.3, -0.25) is 14.2 Å². The van der Waals surface area contributed by atoms with E-state index in [0.717, 1.165) is 16.9 Å². The number of nitrogens with zero attached hydrogens (tertiary/aromatic N) is 6. The summed E-state index contributed by atoms with van der Waals surface area (Å²) in [5.41, 5.74) is 2.00. The van der Waals surface area contributed by atoms with Crippen LogP contribution in [0.5, 0.6) is 11.5 Å². The molecular formula is C29H39N7O5. The smallest absolute Gasteiger partial charge is 0.248 e. The molecule has 1 saturated heterocycles. The second-order valence-electron chi connectivity index (χ2n) is 10.2. The van der Waals surface area contributed by atoms with Crippen molar-refractivity contribution in [3.8, 4) is 17.4 Å². The van der Waals surface area contributed by atoms with E-state index in [-0.39, 0.29) is 36.8 Å². The zero-order valence-electron chi connectivity index (χ0n) is 24.4. The Hall–Kier alpha value is -4.19. The minimum atomic E-state index is -0.284. The summed E-state index contributed by atoms with van der Waals surface area (Å²) in [5.74, 6) is 2.53. The third-order valence-electron chi connectivity index (χ3n) is 7.12. The quantitative estimate of drug-likeness (QED) is 0.352. The van der Waals surface area contributed by atoms with Crippen molar-refractivity contribution in [2.24, 2.45) is 0 Å². The number of piperazine rings is 1. The van der Waals surface area contributed by atoms with Crippen molar-refractivity contribution in [3.63, 3.8) is 0 Å². The van der Waals surface area contributed by atoms with Crippen molar-refractivity contribution in [3.05, 3.63) is 54.2 Å². The lowest BCUT2D eigenvalue weighted by molar-refractivity contribution is -0.136. The number of ether oxygens (including phenoxy) is 3. The molecule has 1 aliphatic heterocycles. The van der Waals surface area contributed by atoms with Crippen LogP contribution in [-0.4, -0.2) is 96.4 Å². The van der Waals surface area contributed by atoms with Crippen molar-refractivity contribution < 1.29 is 23.8 Å². The molecule has 0 saturated carbocycles. The van der Waals surface area contributed by atoms with Crippen LogP contribution in [0.15, 0.2) is 43.1 Å². The van der Waals surface area contributed by atoms with Crippen molar-refractivity contribution in [1.29, 1.82) is 0 Å². The Morgan fingerprint density at radius 1 is 1.12 bits per heavy atom. The molecule has 12 heteroatoms. The first kappa shape index (κ1) is 29.8. The van der Waals surface area contributed by atoms with Gasteiger partial charge in [-0.05, 0) is 30.0 Å². The third-order valence-corrected chi connectivity index (χ3v) is 7.12. The zero-order valence-corrected chi connectivity index (χ0v) is 24.4. The molecule has 1 fully saturated rings. The molecular weight excluding hydrogens is 526 g/mol. The summed E-state index contributed by atoms with van der Waals surface area (Å²) in [6.45, 7) is 6.05. The van der Waals surface area contributed by atoms with Crippen LogP contribution < -0.4 is 19.7 Å². The number of hydrogen-bond donors (Lipinski definition) is 1. The predicted octanol–water partition coefficient (Wildman–Crippen LogP) is 2.22. The van der Waals surface area contributed by atoms with Crippen molar-refractivity contribution in [1.82, 2.24) is 29.7 Å². The van der Waals surface area contributed by atoms with E-state index in [1.54, 1.807) is 42.4 Å². The van der Waals surface area contributed by atoms with Gasteiger partial charge in [-0.1, -0.05) is 19.9 Å². The molecule has 41 heavy (non-hydrogen) atoms. The summed E-state index contributed by atoms with van der Waals surface area (Å²) >= 11 is 0. The monoisotopic (exact) mass is 565 g/mol. The number of aromatic nitrogens is 4. The molecule has 0 spiro atoms. The van der Waals surface area contributed by atoms with E-state index in [1.807, 2.05) is 24.4 Å². The third kappa shape index (κ3) is 7.31. The Bertz CT molecular complexity index is 1310. The largest absolute Gasteiger partial charge is 0.493 e. The van der Waals surface area contributed by atoms with Gasteiger partial charge in [0.1, 0.15) is 18.8 Å². The second kappa shape index (κ2) is 13.9.